The SMILES string of the molecule is C=CC[C@@H](O)[C@@H](C)CCCC. The van der Waals surface area contributed by atoms with Gasteiger partial charge in [0.2, 0.25) is 0 Å². The first-order chi connectivity index (χ1) is 5.22. The summed E-state index contributed by atoms with van der Waals surface area (Å²) < 4.78 is 0. The van der Waals surface area contributed by atoms with Gasteiger partial charge in [0.1, 0.15) is 0 Å². The lowest BCUT2D eigenvalue weighted by atomic mass is 9.96. The van der Waals surface area contributed by atoms with E-state index in [9.17, 15) is 5.11 Å². The second kappa shape index (κ2) is 6.41. The Hall–Kier alpha value is -0.300. The van der Waals surface area contributed by atoms with E-state index < -0.39 is 0 Å². The summed E-state index contributed by atoms with van der Waals surface area (Å²) >= 11 is 0. The third kappa shape index (κ3) is 5.02. The van der Waals surface area contributed by atoms with Gasteiger partial charge >= 0.3 is 0 Å². The van der Waals surface area contributed by atoms with Gasteiger partial charge in [-0.1, -0.05) is 32.8 Å². The molecule has 0 heterocycles. The standard InChI is InChI=1S/C10H20O/c1-4-6-8-9(3)10(11)7-5-2/h5,9-11H,2,4,6-8H2,1,3H3/t9-,10+/m0/s1. The molecule has 0 aromatic heterocycles. The molecule has 11 heavy (non-hydrogen) atoms. The summed E-state index contributed by atoms with van der Waals surface area (Å²) in [5.74, 6) is 0.424. The van der Waals surface area contributed by atoms with E-state index in [1.165, 1.54) is 12.8 Å². The molecule has 0 radical (unpaired) electrons. The molecule has 0 bridgehead atoms. The van der Waals surface area contributed by atoms with Crippen molar-refractivity contribution >= 4 is 0 Å². The predicted octanol–water partition coefficient (Wildman–Crippen LogP) is 2.75. The summed E-state index contributed by atoms with van der Waals surface area (Å²) in [6, 6.07) is 0. The molecule has 0 aromatic rings. The molecule has 0 aliphatic carbocycles. The van der Waals surface area contributed by atoms with E-state index in [1.54, 1.807) is 6.08 Å². The quantitative estimate of drug-likeness (QED) is 0.586. The van der Waals surface area contributed by atoms with Gasteiger partial charge in [-0.15, -0.1) is 6.58 Å². The van der Waals surface area contributed by atoms with Crippen LogP contribution in [0.15, 0.2) is 12.7 Å². The monoisotopic (exact) mass is 156 g/mol. The van der Waals surface area contributed by atoms with Crippen molar-refractivity contribution in [2.45, 2.75) is 45.6 Å². The summed E-state index contributed by atoms with van der Waals surface area (Å²) in [5.41, 5.74) is 0. The van der Waals surface area contributed by atoms with Crippen molar-refractivity contribution in [1.29, 1.82) is 0 Å². The summed E-state index contributed by atoms with van der Waals surface area (Å²) in [6.07, 6.45) is 5.89. The third-order valence-electron chi connectivity index (χ3n) is 2.08. The molecule has 0 spiro atoms. The van der Waals surface area contributed by atoms with E-state index in [-0.39, 0.29) is 6.10 Å². The van der Waals surface area contributed by atoms with Crippen LogP contribution in [0.2, 0.25) is 0 Å². The first-order valence-electron chi connectivity index (χ1n) is 4.51. The molecule has 1 N–H and O–H groups in total. The van der Waals surface area contributed by atoms with Crippen molar-refractivity contribution in [2.75, 3.05) is 0 Å². The molecular weight excluding hydrogens is 136 g/mol. The van der Waals surface area contributed by atoms with Crippen LogP contribution in [0.1, 0.15) is 39.5 Å². The zero-order chi connectivity index (χ0) is 8.69. The molecular formula is C10H20O. The van der Waals surface area contributed by atoms with Crippen molar-refractivity contribution in [3.05, 3.63) is 12.7 Å². The van der Waals surface area contributed by atoms with Gasteiger partial charge in [0.15, 0.2) is 0 Å². The maximum absolute atomic E-state index is 9.47. The molecule has 0 fully saturated rings. The lowest BCUT2D eigenvalue weighted by molar-refractivity contribution is 0.113. The van der Waals surface area contributed by atoms with Crippen LogP contribution in [-0.2, 0) is 0 Å². The molecule has 0 aliphatic heterocycles. The maximum Gasteiger partial charge on any atom is 0.0600 e. The fraction of sp³-hybridized carbons (Fsp3) is 0.800. The predicted molar refractivity (Wildman–Crippen MR) is 49.5 cm³/mol. The van der Waals surface area contributed by atoms with Crippen LogP contribution in [0.25, 0.3) is 0 Å². The summed E-state index contributed by atoms with van der Waals surface area (Å²) in [5, 5.41) is 9.47. The first kappa shape index (κ1) is 10.7. The number of aliphatic hydroxyl groups excluding tert-OH is 1. The van der Waals surface area contributed by atoms with Gasteiger partial charge in [-0.05, 0) is 18.8 Å². The zero-order valence-corrected chi connectivity index (χ0v) is 7.71. The Labute approximate surface area is 70.1 Å². The Kier molecular flexibility index (Phi) is 6.24. The molecule has 2 atom stereocenters. The molecule has 0 aromatic carbocycles. The van der Waals surface area contributed by atoms with Gasteiger partial charge in [-0.2, -0.15) is 0 Å². The Bertz CT molecular complexity index is 99.0. The van der Waals surface area contributed by atoms with Crippen molar-refractivity contribution in [3.8, 4) is 0 Å². The number of hydrogen-bond acceptors (Lipinski definition) is 1. The maximum atomic E-state index is 9.47. The first-order valence-corrected chi connectivity index (χ1v) is 4.51. The molecule has 0 amide bonds. The minimum Gasteiger partial charge on any atom is -0.393 e. The topological polar surface area (TPSA) is 20.2 Å². The fourth-order valence-electron chi connectivity index (χ4n) is 1.12. The van der Waals surface area contributed by atoms with Gasteiger partial charge in [0.25, 0.3) is 0 Å². The highest BCUT2D eigenvalue weighted by Crippen LogP contribution is 2.14. The van der Waals surface area contributed by atoms with E-state index in [4.69, 9.17) is 0 Å². The van der Waals surface area contributed by atoms with Gasteiger partial charge in [-0.3, -0.25) is 0 Å². The minimum absolute atomic E-state index is 0.181. The van der Waals surface area contributed by atoms with Crippen molar-refractivity contribution in [3.63, 3.8) is 0 Å². The summed E-state index contributed by atoms with van der Waals surface area (Å²) in [4.78, 5) is 0. The van der Waals surface area contributed by atoms with Crippen molar-refractivity contribution < 1.29 is 5.11 Å². The normalized spacial score (nSPS) is 15.9. The zero-order valence-electron chi connectivity index (χ0n) is 7.71. The molecule has 0 unspecified atom stereocenters. The molecule has 0 rings (SSSR count). The highest BCUT2D eigenvalue weighted by molar-refractivity contribution is 4.75. The van der Waals surface area contributed by atoms with E-state index in [2.05, 4.69) is 20.4 Å². The van der Waals surface area contributed by atoms with Crippen LogP contribution >= 0.6 is 0 Å². The summed E-state index contributed by atoms with van der Waals surface area (Å²) in [6.45, 7) is 7.88. The van der Waals surface area contributed by atoms with Crippen LogP contribution in [0, 0.1) is 5.92 Å². The van der Waals surface area contributed by atoms with E-state index in [0.29, 0.717) is 5.92 Å². The van der Waals surface area contributed by atoms with Crippen molar-refractivity contribution in [2.24, 2.45) is 5.92 Å². The molecule has 1 heteroatoms. The highest BCUT2D eigenvalue weighted by atomic mass is 16.3. The average molecular weight is 156 g/mol. The number of unbranched alkanes of at least 4 members (excludes halogenated alkanes) is 1. The lowest BCUT2D eigenvalue weighted by Crippen LogP contribution is -2.16. The fourth-order valence-corrected chi connectivity index (χ4v) is 1.12. The minimum atomic E-state index is -0.181. The Morgan fingerprint density at radius 3 is 2.64 bits per heavy atom. The third-order valence-corrected chi connectivity index (χ3v) is 2.08. The summed E-state index contributed by atoms with van der Waals surface area (Å²) in [7, 11) is 0. The van der Waals surface area contributed by atoms with Crippen LogP contribution in [0.3, 0.4) is 0 Å². The van der Waals surface area contributed by atoms with Crippen LogP contribution < -0.4 is 0 Å². The van der Waals surface area contributed by atoms with Gasteiger partial charge in [-0.25, -0.2) is 0 Å². The van der Waals surface area contributed by atoms with Crippen molar-refractivity contribution in [1.82, 2.24) is 0 Å². The molecule has 0 saturated heterocycles. The highest BCUT2D eigenvalue weighted by Gasteiger charge is 2.10. The van der Waals surface area contributed by atoms with E-state index in [1.807, 2.05) is 0 Å². The number of rotatable bonds is 6. The number of aliphatic hydroxyl groups is 1. The van der Waals surface area contributed by atoms with Gasteiger partial charge < -0.3 is 5.11 Å². The second-order valence-corrected chi connectivity index (χ2v) is 3.21. The number of hydrogen-bond donors (Lipinski definition) is 1. The van der Waals surface area contributed by atoms with Crippen LogP contribution in [0.4, 0.5) is 0 Å². The second-order valence-electron chi connectivity index (χ2n) is 3.21. The van der Waals surface area contributed by atoms with E-state index >= 15 is 0 Å². The molecule has 1 nitrogen and oxygen atoms in total. The molecule has 66 valence electrons. The van der Waals surface area contributed by atoms with Crippen LogP contribution in [0.5, 0.6) is 0 Å². The van der Waals surface area contributed by atoms with Gasteiger partial charge in [0.05, 0.1) is 6.10 Å². The lowest BCUT2D eigenvalue weighted by Gasteiger charge is -2.16. The van der Waals surface area contributed by atoms with Gasteiger partial charge in [0, 0.05) is 0 Å². The van der Waals surface area contributed by atoms with E-state index in [0.717, 1.165) is 12.8 Å². The Morgan fingerprint density at radius 1 is 1.55 bits per heavy atom. The van der Waals surface area contributed by atoms with Crippen LogP contribution in [-0.4, -0.2) is 11.2 Å². The average Bonchev–Trinajstić information content (AvgIpc) is 2.00. The Morgan fingerprint density at radius 2 is 2.18 bits per heavy atom. The smallest absolute Gasteiger partial charge is 0.0600 e. The Balaban J connectivity index is 3.45. The largest absolute Gasteiger partial charge is 0.393 e. The molecule has 0 saturated carbocycles. The molecule has 0 aliphatic rings.